The van der Waals surface area contributed by atoms with Crippen LogP contribution in [0.4, 0.5) is 8.78 Å². The maximum absolute atomic E-state index is 15.4. The van der Waals surface area contributed by atoms with E-state index in [0.717, 1.165) is 11.3 Å². The zero-order chi connectivity index (χ0) is 46.0. The molecule has 5 atom stereocenters. The number of nitrogens with zero attached hydrogens (tertiary/aromatic N) is 1. The molecule has 4 rings (SSSR count). The monoisotopic (exact) mass is 907 g/mol. The number of thiazole rings is 1. The number of allylic oxidation sites excluding steroid dienone is 4. The van der Waals surface area contributed by atoms with Gasteiger partial charge in [-0.2, -0.15) is 8.42 Å². The third-order valence-electron chi connectivity index (χ3n) is 11.5. The van der Waals surface area contributed by atoms with E-state index in [9.17, 15) is 41.7 Å². The fraction of sp³-hybridized carbons (Fsp3) is 0.523. The Labute approximate surface area is 362 Å². The van der Waals surface area contributed by atoms with Gasteiger partial charge in [-0.05, 0) is 127 Å². The van der Waals surface area contributed by atoms with Crippen molar-refractivity contribution in [2.75, 3.05) is 0 Å². The maximum atomic E-state index is 15.4. The molecule has 1 aliphatic carbocycles. The van der Waals surface area contributed by atoms with Crippen LogP contribution < -0.4 is 9.44 Å². The number of halogens is 2. The number of hydrogen-bond acceptors (Lipinski definition) is 11. The lowest BCUT2D eigenvalue weighted by atomic mass is 9.59. The molecule has 1 aliphatic rings. The number of sulfonamides is 2. The molecule has 0 saturated heterocycles. The molecule has 3 aromatic rings. The van der Waals surface area contributed by atoms with Gasteiger partial charge in [-0.15, -0.1) is 11.3 Å². The van der Waals surface area contributed by atoms with E-state index in [4.69, 9.17) is 0 Å². The summed E-state index contributed by atoms with van der Waals surface area (Å²) in [7, 11) is -8.80. The smallest absolute Gasteiger partial charge is 0.291 e. The Hall–Kier alpha value is -3.87. The van der Waals surface area contributed by atoms with Gasteiger partial charge < -0.3 is 15.3 Å². The number of rotatable bonds is 18. The highest BCUT2D eigenvalue weighted by atomic mass is 32.2. The molecule has 0 radical (unpaired) electrons. The summed E-state index contributed by atoms with van der Waals surface area (Å²) in [4.78, 5) is 31.0. The van der Waals surface area contributed by atoms with Crippen molar-refractivity contribution in [1.29, 1.82) is 0 Å². The van der Waals surface area contributed by atoms with Crippen molar-refractivity contribution in [3.8, 4) is 0 Å². The van der Waals surface area contributed by atoms with Crippen LogP contribution in [0, 0.1) is 29.0 Å². The van der Waals surface area contributed by atoms with Crippen LogP contribution in [0.5, 0.6) is 0 Å². The number of aromatic nitrogens is 1. The predicted octanol–water partition coefficient (Wildman–Crippen LogP) is 7.71. The van der Waals surface area contributed by atoms with Crippen molar-refractivity contribution in [2.45, 2.75) is 134 Å². The fourth-order valence-corrected chi connectivity index (χ4v) is 11.6. The van der Waals surface area contributed by atoms with Crippen LogP contribution >= 0.6 is 11.3 Å². The second kappa shape index (κ2) is 19.3. The summed E-state index contributed by atoms with van der Waals surface area (Å²) in [6.07, 6.45) is 3.29. The largest absolute Gasteiger partial charge is 0.392 e. The topological polar surface area (TPSA) is 200 Å². The second-order valence-corrected chi connectivity index (χ2v) is 22.2. The van der Waals surface area contributed by atoms with Crippen molar-refractivity contribution < 1.29 is 50.5 Å². The Morgan fingerprint density at radius 2 is 1.54 bits per heavy atom. The highest BCUT2D eigenvalue weighted by Crippen LogP contribution is 2.51. The molecule has 12 nitrogen and oxygen atoms in total. The lowest BCUT2D eigenvalue weighted by molar-refractivity contribution is -0.122. The Morgan fingerprint density at radius 1 is 0.918 bits per heavy atom. The van der Waals surface area contributed by atoms with Gasteiger partial charge in [0.1, 0.15) is 11.6 Å². The molecule has 0 bridgehead atoms. The van der Waals surface area contributed by atoms with Gasteiger partial charge in [0, 0.05) is 18.0 Å². The molecule has 5 N–H and O–H groups in total. The first kappa shape index (κ1) is 49.8. The van der Waals surface area contributed by atoms with Crippen LogP contribution in [0.25, 0.3) is 0 Å². The molecule has 2 amide bonds. The molecule has 336 valence electrons. The van der Waals surface area contributed by atoms with Gasteiger partial charge in [0.05, 0.1) is 34.5 Å². The molecule has 5 unspecified atom stereocenters. The summed E-state index contributed by atoms with van der Waals surface area (Å²) >= 11 is 0.735. The highest BCUT2D eigenvalue weighted by Gasteiger charge is 2.45. The van der Waals surface area contributed by atoms with Gasteiger partial charge >= 0.3 is 0 Å². The molecule has 17 heteroatoms. The summed E-state index contributed by atoms with van der Waals surface area (Å²) in [6, 6.07) is 6.50. The van der Waals surface area contributed by atoms with Gasteiger partial charge in [0.2, 0.25) is 16.2 Å². The van der Waals surface area contributed by atoms with E-state index >= 15 is 8.78 Å². The number of benzene rings is 2. The van der Waals surface area contributed by atoms with E-state index < -0.39 is 73.1 Å². The van der Waals surface area contributed by atoms with Crippen LogP contribution in [0.2, 0.25) is 0 Å². The first-order valence-corrected chi connectivity index (χ1v) is 24.0. The highest BCUT2D eigenvalue weighted by molar-refractivity contribution is 7.92. The molecule has 61 heavy (non-hydrogen) atoms. The van der Waals surface area contributed by atoms with E-state index in [0.29, 0.717) is 45.5 Å². The van der Waals surface area contributed by atoms with Gasteiger partial charge in [-0.3, -0.25) is 9.59 Å². The van der Waals surface area contributed by atoms with E-state index in [1.807, 2.05) is 48.5 Å². The van der Waals surface area contributed by atoms with E-state index in [1.165, 1.54) is 69.5 Å². The minimum absolute atomic E-state index is 0.178. The number of aliphatic hydroxyl groups is 3. The molecular weight excluding hydrogens is 849 g/mol. The Bertz CT molecular complexity index is 2400. The van der Waals surface area contributed by atoms with Crippen LogP contribution in [0.1, 0.15) is 139 Å². The number of aliphatic hydroxyl groups excluding tert-OH is 2. The number of carbonyl (C=O) groups is 2. The van der Waals surface area contributed by atoms with E-state index in [-0.39, 0.29) is 51.3 Å². The molecule has 1 aromatic heterocycles. The third-order valence-corrected chi connectivity index (χ3v) is 15.8. The molecule has 0 spiro atoms. The lowest BCUT2D eigenvalue weighted by Gasteiger charge is -2.45. The van der Waals surface area contributed by atoms with Crippen molar-refractivity contribution in [1.82, 2.24) is 14.4 Å². The summed E-state index contributed by atoms with van der Waals surface area (Å²) in [5.74, 6) is -4.40. The van der Waals surface area contributed by atoms with Gasteiger partial charge in [-0.1, -0.05) is 60.1 Å². The first-order chi connectivity index (χ1) is 28.1. The van der Waals surface area contributed by atoms with Crippen LogP contribution in [-0.4, -0.2) is 49.0 Å². The van der Waals surface area contributed by atoms with Gasteiger partial charge in [-0.25, -0.2) is 31.6 Å². The van der Waals surface area contributed by atoms with Crippen molar-refractivity contribution in [3.05, 3.63) is 98.6 Å². The summed E-state index contributed by atoms with van der Waals surface area (Å²) in [5, 5.41) is 30.2. The molecule has 1 heterocycles. The molecule has 0 saturated carbocycles. The summed E-state index contributed by atoms with van der Waals surface area (Å²) in [5.41, 5.74) is 0.240. The molecular formula is C44H59F2N3O9S3. The number of nitrogens with one attached hydrogen (secondary N) is 2. The van der Waals surface area contributed by atoms with E-state index in [2.05, 4.69) is 14.4 Å². The normalized spacial score (nSPS) is 19.0. The summed E-state index contributed by atoms with van der Waals surface area (Å²) < 4.78 is 87.6. The zero-order valence-corrected chi connectivity index (χ0v) is 38.8. The van der Waals surface area contributed by atoms with E-state index in [1.54, 1.807) is 0 Å². The SMILES string of the molecule is CC(C)C1=CC(F)=CC(C(C)CCC(C)c2cc(F)cc(C(C)C)c2CC(=O)NS(=O)(=O)c2ncc(C(C)O)s2)C1(C)CC(=O)NS(=O)(=O)c1ccc(C(C)(C)O)c(CO)c1. The van der Waals surface area contributed by atoms with Crippen molar-refractivity contribution in [2.24, 2.45) is 23.2 Å². The Balaban J connectivity index is 1.59. The lowest BCUT2D eigenvalue weighted by Crippen LogP contribution is -2.42. The third kappa shape index (κ3) is 11.8. The number of carbonyl (C=O) groups excluding carboxylic acids is 2. The van der Waals surface area contributed by atoms with Crippen molar-refractivity contribution >= 4 is 43.2 Å². The van der Waals surface area contributed by atoms with Crippen LogP contribution in [-0.2, 0) is 48.3 Å². The zero-order valence-electron chi connectivity index (χ0n) is 36.3. The van der Waals surface area contributed by atoms with Crippen molar-refractivity contribution in [3.63, 3.8) is 0 Å². The van der Waals surface area contributed by atoms with Gasteiger partial charge in [0.15, 0.2) is 0 Å². The van der Waals surface area contributed by atoms with Crippen LogP contribution in [0.3, 0.4) is 0 Å². The molecule has 0 fully saturated rings. The minimum Gasteiger partial charge on any atom is -0.392 e. The average Bonchev–Trinajstić information content (AvgIpc) is 3.66. The molecule has 2 aromatic carbocycles. The predicted molar refractivity (Wildman–Crippen MR) is 230 cm³/mol. The first-order valence-electron chi connectivity index (χ1n) is 20.2. The fourth-order valence-electron chi connectivity index (χ4n) is 8.45. The van der Waals surface area contributed by atoms with Crippen LogP contribution in [0.15, 0.2) is 69.3 Å². The summed E-state index contributed by atoms with van der Waals surface area (Å²) in [6.45, 7) is 16.9. The number of amides is 2. The Kier molecular flexibility index (Phi) is 15.7. The number of hydrogen-bond donors (Lipinski definition) is 5. The molecule has 0 aliphatic heterocycles. The minimum atomic E-state index is -4.43. The second-order valence-electron chi connectivity index (χ2n) is 17.6. The van der Waals surface area contributed by atoms with Gasteiger partial charge in [0.25, 0.3) is 20.0 Å². The maximum Gasteiger partial charge on any atom is 0.291 e. The average molecular weight is 908 g/mol. The Morgan fingerprint density at radius 3 is 2.10 bits per heavy atom. The quantitative estimate of drug-likeness (QED) is 0.0842. The standard InChI is InChI=1S/C44H59F2N3O9S3/c1-24(2)33-16-30(45)17-34(35(33)20-40(52)48-61(57,58)42-47-22-39(59-42)28(7)51)26(5)11-12-27(6)38-19-31(46)18-37(25(3)4)44(38,10)21-41(53)49-60(55,56)32-13-14-36(43(8,9)54)29(15-32)23-50/h13-19,22,24-28,38,50-51,54H,11-12,20-21,23H2,1-10H3,(H,48,52)(H,49,53).